The zero-order valence-corrected chi connectivity index (χ0v) is 12.2. The summed E-state index contributed by atoms with van der Waals surface area (Å²) in [5, 5.41) is 5.79. The van der Waals surface area contributed by atoms with Gasteiger partial charge in [0.25, 0.3) is 0 Å². The zero-order chi connectivity index (χ0) is 15.5. The topological polar surface area (TPSA) is 46.2 Å². The molecule has 0 atom stereocenters. The molecule has 4 nitrogen and oxygen atoms in total. The first kappa shape index (κ1) is 15.9. The van der Waals surface area contributed by atoms with Crippen molar-refractivity contribution in [1.29, 1.82) is 0 Å². The van der Waals surface area contributed by atoms with Crippen LogP contribution in [0.5, 0.6) is 0 Å². The third kappa shape index (κ3) is 3.78. The second-order valence-electron chi connectivity index (χ2n) is 5.25. The Labute approximate surface area is 122 Å². The number of hydrogen-bond acceptors (Lipinski definition) is 4. The number of halogens is 3. The molecule has 0 radical (unpaired) electrons. The van der Waals surface area contributed by atoms with E-state index in [4.69, 9.17) is 4.74 Å². The largest absolute Gasteiger partial charge is 0.416 e. The Morgan fingerprint density at radius 1 is 1.24 bits per heavy atom. The fourth-order valence-electron chi connectivity index (χ4n) is 2.33. The molecule has 2 rings (SSSR count). The molecule has 1 heterocycles. The van der Waals surface area contributed by atoms with E-state index < -0.39 is 11.7 Å². The minimum Gasteiger partial charge on any atom is -0.376 e. The molecular formula is C14H20F3N3O. The molecule has 0 bridgehead atoms. The van der Waals surface area contributed by atoms with E-state index in [1.165, 1.54) is 0 Å². The molecule has 1 saturated carbocycles. The van der Waals surface area contributed by atoms with Crippen LogP contribution in [-0.4, -0.2) is 30.8 Å². The van der Waals surface area contributed by atoms with Gasteiger partial charge in [0.2, 0.25) is 0 Å². The molecule has 0 unspecified atom stereocenters. The quantitative estimate of drug-likeness (QED) is 0.844. The van der Waals surface area contributed by atoms with Gasteiger partial charge in [0.05, 0.1) is 11.2 Å². The van der Waals surface area contributed by atoms with Gasteiger partial charge in [0.15, 0.2) is 0 Å². The molecule has 1 aromatic rings. The fraction of sp³-hybridized carbons (Fsp3) is 0.643. The zero-order valence-electron chi connectivity index (χ0n) is 12.2. The van der Waals surface area contributed by atoms with E-state index >= 15 is 0 Å². The average Bonchev–Trinajstić information content (AvgIpc) is 2.37. The maximum atomic E-state index is 12.9. The van der Waals surface area contributed by atoms with Crippen molar-refractivity contribution in [2.75, 3.05) is 30.8 Å². The van der Waals surface area contributed by atoms with Gasteiger partial charge >= 0.3 is 6.18 Å². The summed E-state index contributed by atoms with van der Waals surface area (Å²) in [4.78, 5) is 4.15. The van der Waals surface area contributed by atoms with Crippen LogP contribution in [0.3, 0.4) is 0 Å². The van der Waals surface area contributed by atoms with Crippen LogP contribution in [0.2, 0.25) is 0 Å². The summed E-state index contributed by atoms with van der Waals surface area (Å²) in [6, 6.07) is 2.05. The Morgan fingerprint density at radius 2 is 1.86 bits per heavy atom. The van der Waals surface area contributed by atoms with E-state index in [9.17, 15) is 13.2 Å². The van der Waals surface area contributed by atoms with E-state index in [1.54, 1.807) is 7.11 Å². The molecular weight excluding hydrogens is 283 g/mol. The van der Waals surface area contributed by atoms with Crippen LogP contribution in [-0.2, 0) is 10.9 Å². The van der Waals surface area contributed by atoms with Crippen LogP contribution in [0, 0.1) is 0 Å². The summed E-state index contributed by atoms with van der Waals surface area (Å²) in [5.74, 6) is 0.430. The van der Waals surface area contributed by atoms with Crippen molar-refractivity contribution in [3.05, 3.63) is 17.7 Å². The number of nitrogens with one attached hydrogen (secondary N) is 2. The van der Waals surface area contributed by atoms with Gasteiger partial charge in [-0.15, -0.1) is 0 Å². The highest BCUT2D eigenvalue weighted by atomic mass is 19.4. The summed E-state index contributed by atoms with van der Waals surface area (Å²) in [6.07, 6.45) is -1.49. The van der Waals surface area contributed by atoms with Crippen LogP contribution in [0.4, 0.5) is 24.8 Å². The van der Waals surface area contributed by atoms with Crippen molar-refractivity contribution in [2.24, 2.45) is 0 Å². The average molecular weight is 303 g/mol. The van der Waals surface area contributed by atoms with Gasteiger partial charge in [0, 0.05) is 20.2 Å². The Balaban J connectivity index is 2.15. The van der Waals surface area contributed by atoms with Crippen molar-refractivity contribution in [2.45, 2.75) is 38.0 Å². The van der Waals surface area contributed by atoms with E-state index in [2.05, 4.69) is 15.6 Å². The first-order valence-corrected chi connectivity index (χ1v) is 7.01. The third-order valence-electron chi connectivity index (χ3n) is 3.80. The van der Waals surface area contributed by atoms with Crippen LogP contribution in [0.25, 0.3) is 0 Å². The van der Waals surface area contributed by atoms with Gasteiger partial charge in [-0.2, -0.15) is 13.2 Å². The first-order valence-electron chi connectivity index (χ1n) is 7.01. The number of pyridine rings is 1. The molecule has 118 valence electrons. The molecule has 0 spiro atoms. The SMILES string of the molecule is CCNc1cc(C(F)(F)F)cc(NCC2(OC)CCC2)n1. The van der Waals surface area contributed by atoms with Gasteiger partial charge in [-0.3, -0.25) is 0 Å². The Morgan fingerprint density at radius 3 is 2.29 bits per heavy atom. The lowest BCUT2D eigenvalue weighted by molar-refractivity contribution is -0.137. The Hall–Kier alpha value is -1.50. The third-order valence-corrected chi connectivity index (χ3v) is 3.80. The van der Waals surface area contributed by atoms with Gasteiger partial charge < -0.3 is 15.4 Å². The summed E-state index contributed by atoms with van der Waals surface area (Å²) < 4.78 is 44.1. The molecule has 1 fully saturated rings. The van der Waals surface area contributed by atoms with Crippen molar-refractivity contribution >= 4 is 11.6 Å². The monoisotopic (exact) mass is 303 g/mol. The Bertz CT molecular complexity index is 481. The number of ether oxygens (including phenoxy) is 1. The standard InChI is InChI=1S/C14H20F3N3O/c1-3-18-11-7-10(14(15,16)17)8-12(20-11)19-9-13(21-2)5-4-6-13/h7-8H,3-6,9H2,1-2H3,(H2,18,19,20). The molecule has 7 heteroatoms. The lowest BCUT2D eigenvalue weighted by Gasteiger charge is -2.40. The maximum Gasteiger partial charge on any atom is 0.416 e. The number of anilines is 2. The predicted octanol–water partition coefficient (Wildman–Crippen LogP) is 3.51. The smallest absolute Gasteiger partial charge is 0.376 e. The molecule has 0 aromatic carbocycles. The molecule has 0 aliphatic heterocycles. The van der Waals surface area contributed by atoms with E-state index in [0.29, 0.717) is 13.1 Å². The van der Waals surface area contributed by atoms with Crippen molar-refractivity contribution < 1.29 is 17.9 Å². The second kappa shape index (κ2) is 6.09. The molecule has 0 saturated heterocycles. The van der Waals surface area contributed by atoms with Crippen molar-refractivity contribution in [3.8, 4) is 0 Å². The summed E-state index contributed by atoms with van der Waals surface area (Å²) >= 11 is 0. The lowest BCUT2D eigenvalue weighted by atomic mass is 9.80. The highest BCUT2D eigenvalue weighted by Gasteiger charge is 2.37. The highest BCUT2D eigenvalue weighted by molar-refractivity contribution is 5.50. The van der Waals surface area contributed by atoms with Crippen LogP contribution < -0.4 is 10.6 Å². The van der Waals surface area contributed by atoms with Crippen molar-refractivity contribution in [3.63, 3.8) is 0 Å². The van der Waals surface area contributed by atoms with Crippen LogP contribution >= 0.6 is 0 Å². The number of nitrogens with zero attached hydrogens (tertiary/aromatic N) is 1. The summed E-state index contributed by atoms with van der Waals surface area (Å²) in [5.41, 5.74) is -0.982. The van der Waals surface area contributed by atoms with Crippen molar-refractivity contribution in [1.82, 2.24) is 4.98 Å². The second-order valence-corrected chi connectivity index (χ2v) is 5.25. The fourth-order valence-corrected chi connectivity index (χ4v) is 2.33. The summed E-state index contributed by atoms with van der Waals surface area (Å²) in [7, 11) is 1.63. The molecule has 0 amide bonds. The van der Waals surface area contributed by atoms with Gasteiger partial charge in [0.1, 0.15) is 11.6 Å². The normalized spacial score (nSPS) is 17.2. The van der Waals surface area contributed by atoms with E-state index in [1.807, 2.05) is 6.92 Å². The molecule has 1 aliphatic rings. The first-order chi connectivity index (χ1) is 9.88. The minimum absolute atomic E-state index is 0.212. The summed E-state index contributed by atoms with van der Waals surface area (Å²) in [6.45, 7) is 2.78. The number of hydrogen-bond donors (Lipinski definition) is 2. The van der Waals surface area contributed by atoms with Crippen LogP contribution in [0.15, 0.2) is 12.1 Å². The lowest BCUT2D eigenvalue weighted by Crippen LogP contribution is -2.45. The van der Waals surface area contributed by atoms with Gasteiger partial charge in [-0.1, -0.05) is 0 Å². The predicted molar refractivity (Wildman–Crippen MR) is 75.5 cm³/mol. The molecule has 2 N–H and O–H groups in total. The Kier molecular flexibility index (Phi) is 4.61. The molecule has 21 heavy (non-hydrogen) atoms. The molecule has 1 aromatic heterocycles. The van der Waals surface area contributed by atoms with E-state index in [0.717, 1.165) is 31.4 Å². The number of alkyl halides is 3. The highest BCUT2D eigenvalue weighted by Crippen LogP contribution is 2.36. The maximum absolute atomic E-state index is 12.9. The van der Waals surface area contributed by atoms with Gasteiger partial charge in [-0.25, -0.2) is 4.98 Å². The number of aromatic nitrogens is 1. The van der Waals surface area contributed by atoms with Crippen LogP contribution in [0.1, 0.15) is 31.7 Å². The van der Waals surface area contributed by atoms with E-state index in [-0.39, 0.29) is 17.2 Å². The minimum atomic E-state index is -4.39. The number of rotatable bonds is 6. The molecule has 1 aliphatic carbocycles. The van der Waals surface area contributed by atoms with Gasteiger partial charge in [-0.05, 0) is 38.3 Å². The number of methoxy groups -OCH3 is 1.